The van der Waals surface area contributed by atoms with Crippen molar-refractivity contribution in [1.82, 2.24) is 9.80 Å². The minimum atomic E-state index is -0.241. The maximum absolute atomic E-state index is 13.3. The fraction of sp³-hybridized carbons (Fsp3) is 0.609. The van der Waals surface area contributed by atoms with Crippen LogP contribution in [0.2, 0.25) is 0 Å². The lowest BCUT2D eigenvalue weighted by Gasteiger charge is -2.61. The van der Waals surface area contributed by atoms with E-state index in [1.165, 1.54) is 16.9 Å². The van der Waals surface area contributed by atoms with E-state index in [2.05, 4.69) is 12.1 Å². The van der Waals surface area contributed by atoms with E-state index in [0.717, 1.165) is 51.5 Å². The van der Waals surface area contributed by atoms with Crippen molar-refractivity contribution >= 4 is 17.7 Å². The lowest BCUT2D eigenvalue weighted by atomic mass is 9.61. The van der Waals surface area contributed by atoms with Gasteiger partial charge in [-0.1, -0.05) is 56.0 Å². The molecule has 4 fully saturated rings. The summed E-state index contributed by atoms with van der Waals surface area (Å²) in [6.45, 7) is 0.669. The first-order valence-electron chi connectivity index (χ1n) is 10.8. The lowest BCUT2D eigenvalue weighted by Crippen LogP contribution is -2.68. The number of rotatable bonds is 3. The van der Waals surface area contributed by atoms with E-state index in [1.54, 1.807) is 0 Å². The zero-order valence-corrected chi connectivity index (χ0v) is 16.3. The number of fused-ring (bicyclic) bond motifs is 2. The van der Waals surface area contributed by atoms with Gasteiger partial charge in [0.05, 0.1) is 17.4 Å². The van der Waals surface area contributed by atoms with Gasteiger partial charge in [-0.3, -0.25) is 19.3 Å². The average molecular weight is 380 g/mol. The molecule has 5 heteroatoms. The Morgan fingerprint density at radius 1 is 0.929 bits per heavy atom. The summed E-state index contributed by atoms with van der Waals surface area (Å²) in [6.07, 6.45) is 8.04. The molecular formula is C23H28N2O3. The summed E-state index contributed by atoms with van der Waals surface area (Å²) in [5, 5.41) is 0. The molecule has 5 nitrogen and oxygen atoms in total. The van der Waals surface area contributed by atoms with Gasteiger partial charge in [-0.15, -0.1) is 0 Å². The van der Waals surface area contributed by atoms with Crippen molar-refractivity contribution in [2.45, 2.75) is 56.9 Å². The summed E-state index contributed by atoms with van der Waals surface area (Å²) >= 11 is 0. The zero-order chi connectivity index (χ0) is 19.3. The lowest BCUT2D eigenvalue weighted by molar-refractivity contribution is -0.170. The fourth-order valence-electron chi connectivity index (χ4n) is 6.29. The van der Waals surface area contributed by atoms with Crippen molar-refractivity contribution in [2.24, 2.45) is 17.8 Å². The molecule has 2 aliphatic heterocycles. The van der Waals surface area contributed by atoms with Gasteiger partial charge < -0.3 is 4.90 Å². The highest BCUT2D eigenvalue weighted by Crippen LogP contribution is 2.54. The smallest absolute Gasteiger partial charge is 0.243 e. The van der Waals surface area contributed by atoms with E-state index in [0.29, 0.717) is 5.92 Å². The number of nitrogens with zero attached hydrogens (tertiary/aromatic N) is 2. The molecule has 5 rings (SSSR count). The monoisotopic (exact) mass is 380 g/mol. The Morgan fingerprint density at radius 3 is 2.21 bits per heavy atom. The van der Waals surface area contributed by atoms with Crippen molar-refractivity contribution in [1.29, 1.82) is 0 Å². The molecule has 2 aliphatic carbocycles. The van der Waals surface area contributed by atoms with Crippen LogP contribution in [0.25, 0.3) is 0 Å². The number of amides is 3. The van der Waals surface area contributed by atoms with E-state index in [1.807, 2.05) is 23.1 Å². The predicted molar refractivity (Wildman–Crippen MR) is 104 cm³/mol. The van der Waals surface area contributed by atoms with Crippen LogP contribution in [-0.2, 0) is 19.9 Å². The molecule has 0 unspecified atom stereocenters. The molecular weight excluding hydrogens is 352 g/mol. The molecule has 0 N–H and O–H groups in total. The average Bonchev–Trinajstić information content (AvgIpc) is 2.95. The summed E-state index contributed by atoms with van der Waals surface area (Å²) in [6, 6.07) is 10.3. The number of benzene rings is 1. The van der Waals surface area contributed by atoms with Crippen molar-refractivity contribution in [2.75, 3.05) is 13.1 Å². The quantitative estimate of drug-likeness (QED) is 0.757. The van der Waals surface area contributed by atoms with Crippen molar-refractivity contribution in [3.8, 4) is 0 Å². The third-order valence-electron chi connectivity index (χ3n) is 7.72. The highest BCUT2D eigenvalue weighted by molar-refractivity contribution is 6.07. The van der Waals surface area contributed by atoms with Gasteiger partial charge >= 0.3 is 0 Å². The Hall–Kier alpha value is -2.17. The molecule has 4 atom stereocenters. The maximum Gasteiger partial charge on any atom is 0.243 e. The third-order valence-corrected chi connectivity index (χ3v) is 7.72. The van der Waals surface area contributed by atoms with E-state index in [9.17, 15) is 14.4 Å². The van der Waals surface area contributed by atoms with Crippen LogP contribution >= 0.6 is 0 Å². The van der Waals surface area contributed by atoms with Gasteiger partial charge in [-0.2, -0.15) is 0 Å². The van der Waals surface area contributed by atoms with Gasteiger partial charge in [0.2, 0.25) is 17.7 Å². The number of hydrogen-bond acceptors (Lipinski definition) is 3. The molecule has 1 aromatic rings. The Bertz CT molecular complexity index is 783. The van der Waals surface area contributed by atoms with Crippen molar-refractivity contribution in [3.05, 3.63) is 35.9 Å². The summed E-state index contributed by atoms with van der Waals surface area (Å²) in [5.74, 6) is -0.176. The van der Waals surface area contributed by atoms with Crippen molar-refractivity contribution in [3.63, 3.8) is 0 Å². The van der Waals surface area contributed by atoms with Crippen LogP contribution < -0.4 is 0 Å². The van der Waals surface area contributed by atoms with Crippen LogP contribution in [0, 0.1) is 17.8 Å². The minimum Gasteiger partial charge on any atom is -0.331 e. The molecule has 0 bridgehead atoms. The van der Waals surface area contributed by atoms with Gasteiger partial charge in [0.15, 0.2) is 0 Å². The first-order valence-corrected chi connectivity index (χ1v) is 10.8. The van der Waals surface area contributed by atoms with Crippen LogP contribution in [-0.4, -0.2) is 40.6 Å². The van der Waals surface area contributed by atoms with E-state index in [-0.39, 0.29) is 41.6 Å². The zero-order valence-electron chi connectivity index (χ0n) is 16.3. The summed E-state index contributed by atoms with van der Waals surface area (Å²) in [4.78, 5) is 42.1. The van der Waals surface area contributed by atoms with Gasteiger partial charge in [-0.25, -0.2) is 0 Å². The Kier molecular flexibility index (Phi) is 4.29. The Balaban J connectivity index is 1.38. The number of carbonyl (C=O) groups is 3. The maximum atomic E-state index is 13.3. The molecule has 0 aromatic heterocycles. The second kappa shape index (κ2) is 6.71. The number of carbonyl (C=O) groups excluding carboxylic acids is 3. The van der Waals surface area contributed by atoms with E-state index >= 15 is 0 Å². The van der Waals surface area contributed by atoms with Crippen LogP contribution in [0.4, 0.5) is 0 Å². The van der Waals surface area contributed by atoms with E-state index < -0.39 is 0 Å². The second-order valence-corrected chi connectivity index (χ2v) is 9.00. The largest absolute Gasteiger partial charge is 0.331 e. The molecule has 2 saturated heterocycles. The Morgan fingerprint density at radius 2 is 1.57 bits per heavy atom. The van der Waals surface area contributed by atoms with Crippen molar-refractivity contribution < 1.29 is 14.4 Å². The summed E-state index contributed by atoms with van der Waals surface area (Å²) in [7, 11) is 0. The standard InChI is InChI=1S/C23H28N2O3/c26-20(15-24-21(27)18-11-4-5-12-19(18)22(24)28)25-14-17-10-6-7-13-23(17,25)16-8-2-1-3-9-16/h1-3,8-9,17-19H,4-7,10-15H2/t17-,18-,19+,23+/m1/s1. The number of likely N-dealkylation sites (tertiary alicyclic amines) is 2. The summed E-state index contributed by atoms with van der Waals surface area (Å²) in [5.41, 5.74) is 0.960. The van der Waals surface area contributed by atoms with Gasteiger partial charge in [0.25, 0.3) is 0 Å². The van der Waals surface area contributed by atoms with Gasteiger partial charge in [0.1, 0.15) is 6.54 Å². The molecule has 148 valence electrons. The normalized spacial score (nSPS) is 34.6. The minimum absolute atomic E-state index is 0.0673. The molecule has 4 aliphatic rings. The number of hydrogen-bond donors (Lipinski definition) is 0. The SMILES string of the molecule is O=C1[C@H]2CCCC[C@H]2C(=O)N1CC(=O)N1C[C@H]2CCCC[C@]21c1ccccc1. The Labute approximate surface area is 166 Å². The topological polar surface area (TPSA) is 57.7 Å². The van der Waals surface area contributed by atoms with Gasteiger partial charge in [0, 0.05) is 12.5 Å². The third kappa shape index (κ3) is 2.48. The molecule has 28 heavy (non-hydrogen) atoms. The first kappa shape index (κ1) is 17.9. The molecule has 2 saturated carbocycles. The first-order chi connectivity index (χ1) is 13.6. The molecule has 0 radical (unpaired) electrons. The molecule has 2 heterocycles. The predicted octanol–water partition coefficient (Wildman–Crippen LogP) is 3.09. The molecule has 3 amide bonds. The van der Waals surface area contributed by atoms with Crippen LogP contribution in [0.5, 0.6) is 0 Å². The number of imide groups is 1. The molecule has 0 spiro atoms. The highest BCUT2D eigenvalue weighted by atomic mass is 16.2. The highest BCUT2D eigenvalue weighted by Gasteiger charge is 2.58. The van der Waals surface area contributed by atoms with Crippen LogP contribution in [0.15, 0.2) is 30.3 Å². The van der Waals surface area contributed by atoms with Crippen LogP contribution in [0.1, 0.15) is 56.9 Å². The fourth-order valence-corrected chi connectivity index (χ4v) is 6.29. The second-order valence-electron chi connectivity index (χ2n) is 9.00. The van der Waals surface area contributed by atoms with Crippen LogP contribution in [0.3, 0.4) is 0 Å². The molecule has 1 aromatic carbocycles. The summed E-state index contributed by atoms with van der Waals surface area (Å²) < 4.78 is 0. The van der Waals surface area contributed by atoms with Gasteiger partial charge in [-0.05, 0) is 31.2 Å². The van der Waals surface area contributed by atoms with E-state index in [4.69, 9.17) is 0 Å².